The molecule has 0 bridgehead atoms. The molecule has 0 saturated carbocycles. The molecule has 3 heteroatoms. The van der Waals surface area contributed by atoms with Crippen LogP contribution in [0, 0.1) is 0 Å². The predicted octanol–water partition coefficient (Wildman–Crippen LogP) is 3.19. The van der Waals surface area contributed by atoms with Gasteiger partial charge in [-0.3, -0.25) is 4.79 Å². The number of halogens is 2. The van der Waals surface area contributed by atoms with Gasteiger partial charge in [0, 0.05) is 4.47 Å². The number of benzene rings is 1. The number of hydrogen-bond donors (Lipinski definition) is 0. The second kappa shape index (κ2) is 4.77. The Balaban J connectivity index is 2.64. The molecule has 0 N–H and O–H groups in total. The van der Waals surface area contributed by atoms with Crippen LogP contribution in [0.3, 0.4) is 0 Å². The average molecular weight is 262 g/mol. The molecule has 0 aliphatic carbocycles. The molecule has 1 nitrogen and oxygen atoms in total. The lowest BCUT2D eigenvalue weighted by Crippen LogP contribution is -2.13. The Kier molecular flexibility index (Phi) is 3.94. The predicted molar refractivity (Wildman–Crippen MR) is 58.2 cm³/mol. The van der Waals surface area contributed by atoms with Gasteiger partial charge in [0.2, 0.25) is 0 Å². The zero-order valence-electron chi connectivity index (χ0n) is 7.26. The fraction of sp³-hybridized carbons (Fsp3) is 0.300. The van der Waals surface area contributed by atoms with Gasteiger partial charge in [-0.2, -0.15) is 0 Å². The first kappa shape index (κ1) is 10.7. The topological polar surface area (TPSA) is 17.1 Å². The van der Waals surface area contributed by atoms with E-state index in [9.17, 15) is 4.79 Å². The van der Waals surface area contributed by atoms with Crippen LogP contribution >= 0.6 is 27.5 Å². The SMILES string of the molecule is CC(=O)C(Cl)Cc1ccc(Br)cc1. The highest BCUT2D eigenvalue weighted by molar-refractivity contribution is 9.10. The van der Waals surface area contributed by atoms with Gasteiger partial charge in [0.15, 0.2) is 0 Å². The van der Waals surface area contributed by atoms with Crippen LogP contribution in [0.1, 0.15) is 12.5 Å². The van der Waals surface area contributed by atoms with E-state index < -0.39 is 5.38 Å². The van der Waals surface area contributed by atoms with Gasteiger partial charge in [0.25, 0.3) is 0 Å². The summed E-state index contributed by atoms with van der Waals surface area (Å²) < 4.78 is 1.03. The first-order valence-corrected chi connectivity index (χ1v) is 5.21. The third kappa shape index (κ3) is 3.49. The van der Waals surface area contributed by atoms with Crippen molar-refractivity contribution < 1.29 is 4.79 Å². The minimum atomic E-state index is -0.402. The van der Waals surface area contributed by atoms with Crippen LogP contribution in [0.5, 0.6) is 0 Å². The quantitative estimate of drug-likeness (QED) is 0.764. The van der Waals surface area contributed by atoms with Crippen LogP contribution in [-0.2, 0) is 11.2 Å². The van der Waals surface area contributed by atoms with Gasteiger partial charge in [-0.25, -0.2) is 0 Å². The Morgan fingerprint density at radius 2 is 2.00 bits per heavy atom. The zero-order valence-corrected chi connectivity index (χ0v) is 9.60. The molecule has 1 aromatic rings. The van der Waals surface area contributed by atoms with Gasteiger partial charge in [-0.05, 0) is 31.0 Å². The standard InChI is InChI=1S/C10H10BrClO/c1-7(13)10(12)6-8-2-4-9(11)5-3-8/h2-5,10H,6H2,1H3. The number of ketones is 1. The van der Waals surface area contributed by atoms with Gasteiger partial charge in [-0.1, -0.05) is 28.1 Å². The van der Waals surface area contributed by atoms with E-state index >= 15 is 0 Å². The van der Waals surface area contributed by atoms with Crippen LogP contribution in [0.2, 0.25) is 0 Å². The summed E-state index contributed by atoms with van der Waals surface area (Å²) >= 11 is 9.17. The summed E-state index contributed by atoms with van der Waals surface area (Å²) in [5.41, 5.74) is 1.08. The maximum absolute atomic E-state index is 10.9. The Labute approximate surface area is 91.2 Å². The van der Waals surface area contributed by atoms with E-state index in [0.29, 0.717) is 6.42 Å². The Hall–Kier alpha value is -0.340. The summed E-state index contributed by atoms with van der Waals surface area (Å²) in [4.78, 5) is 10.9. The van der Waals surface area contributed by atoms with Crippen molar-refractivity contribution in [2.75, 3.05) is 0 Å². The molecule has 0 radical (unpaired) electrons. The van der Waals surface area contributed by atoms with E-state index in [1.165, 1.54) is 6.92 Å². The first-order chi connectivity index (χ1) is 6.09. The van der Waals surface area contributed by atoms with E-state index in [1.54, 1.807) is 0 Å². The monoisotopic (exact) mass is 260 g/mol. The second-order valence-electron chi connectivity index (χ2n) is 2.91. The molecule has 0 aliphatic heterocycles. The maximum atomic E-state index is 10.9. The molecular weight excluding hydrogens is 251 g/mol. The Morgan fingerprint density at radius 3 is 2.46 bits per heavy atom. The molecule has 13 heavy (non-hydrogen) atoms. The van der Waals surface area contributed by atoms with Crippen LogP contribution < -0.4 is 0 Å². The lowest BCUT2D eigenvalue weighted by atomic mass is 10.1. The van der Waals surface area contributed by atoms with Crippen LogP contribution in [0.15, 0.2) is 28.7 Å². The molecule has 0 saturated heterocycles. The van der Waals surface area contributed by atoms with Crippen molar-refractivity contribution in [3.63, 3.8) is 0 Å². The van der Waals surface area contributed by atoms with E-state index in [4.69, 9.17) is 11.6 Å². The first-order valence-electron chi connectivity index (χ1n) is 3.98. The molecule has 0 fully saturated rings. The van der Waals surface area contributed by atoms with Crippen molar-refractivity contribution in [1.29, 1.82) is 0 Å². The number of hydrogen-bond acceptors (Lipinski definition) is 1. The third-order valence-electron chi connectivity index (χ3n) is 1.77. The lowest BCUT2D eigenvalue weighted by molar-refractivity contribution is -0.116. The smallest absolute Gasteiger partial charge is 0.147 e. The number of alkyl halides is 1. The van der Waals surface area contributed by atoms with Crippen LogP contribution in [0.4, 0.5) is 0 Å². The van der Waals surface area contributed by atoms with E-state index in [0.717, 1.165) is 10.0 Å². The summed E-state index contributed by atoms with van der Waals surface area (Å²) in [5.74, 6) is 0.0181. The van der Waals surface area contributed by atoms with Gasteiger partial charge in [0.1, 0.15) is 5.78 Å². The molecule has 70 valence electrons. The number of carbonyl (C=O) groups is 1. The Bertz CT molecular complexity index is 294. The van der Waals surface area contributed by atoms with Crippen molar-refractivity contribution in [3.8, 4) is 0 Å². The highest BCUT2D eigenvalue weighted by Crippen LogP contribution is 2.13. The van der Waals surface area contributed by atoms with Crippen LogP contribution in [-0.4, -0.2) is 11.2 Å². The summed E-state index contributed by atoms with van der Waals surface area (Å²) in [6.45, 7) is 1.51. The molecule has 0 amide bonds. The van der Waals surface area contributed by atoms with Crippen molar-refractivity contribution in [2.24, 2.45) is 0 Å². The van der Waals surface area contributed by atoms with E-state index in [-0.39, 0.29) is 5.78 Å². The number of Topliss-reactive ketones (excluding diaryl/α,β-unsaturated/α-hetero) is 1. The maximum Gasteiger partial charge on any atom is 0.147 e. The second-order valence-corrected chi connectivity index (χ2v) is 4.35. The van der Waals surface area contributed by atoms with Crippen molar-refractivity contribution in [3.05, 3.63) is 34.3 Å². The zero-order chi connectivity index (χ0) is 9.84. The Morgan fingerprint density at radius 1 is 1.46 bits per heavy atom. The van der Waals surface area contributed by atoms with Gasteiger partial charge in [-0.15, -0.1) is 11.6 Å². The van der Waals surface area contributed by atoms with Crippen molar-refractivity contribution in [1.82, 2.24) is 0 Å². The normalized spacial score (nSPS) is 12.5. The van der Waals surface area contributed by atoms with Crippen molar-refractivity contribution in [2.45, 2.75) is 18.7 Å². The summed E-state index contributed by atoms with van der Waals surface area (Å²) in [6, 6.07) is 7.81. The highest BCUT2D eigenvalue weighted by Gasteiger charge is 2.10. The molecule has 1 atom stereocenters. The summed E-state index contributed by atoms with van der Waals surface area (Å²) in [6.07, 6.45) is 0.601. The highest BCUT2D eigenvalue weighted by atomic mass is 79.9. The lowest BCUT2D eigenvalue weighted by Gasteiger charge is -2.04. The van der Waals surface area contributed by atoms with E-state index in [2.05, 4.69) is 15.9 Å². The minimum absolute atomic E-state index is 0.0181. The van der Waals surface area contributed by atoms with Crippen LogP contribution in [0.25, 0.3) is 0 Å². The van der Waals surface area contributed by atoms with Crippen molar-refractivity contribution >= 4 is 33.3 Å². The molecule has 1 rings (SSSR count). The molecule has 0 aliphatic rings. The summed E-state index contributed by atoms with van der Waals surface area (Å²) in [7, 11) is 0. The molecule has 0 heterocycles. The van der Waals surface area contributed by atoms with Gasteiger partial charge in [0.05, 0.1) is 5.38 Å². The largest absolute Gasteiger partial charge is 0.298 e. The van der Waals surface area contributed by atoms with Gasteiger partial charge >= 0.3 is 0 Å². The molecule has 1 unspecified atom stereocenters. The van der Waals surface area contributed by atoms with E-state index in [1.807, 2.05) is 24.3 Å². The van der Waals surface area contributed by atoms with Gasteiger partial charge < -0.3 is 0 Å². The molecule has 0 aromatic heterocycles. The third-order valence-corrected chi connectivity index (χ3v) is 2.76. The number of carbonyl (C=O) groups excluding carboxylic acids is 1. The fourth-order valence-electron chi connectivity index (χ4n) is 0.971. The minimum Gasteiger partial charge on any atom is -0.298 e. The summed E-state index contributed by atoms with van der Waals surface area (Å²) in [5, 5.41) is -0.402. The molecule has 0 spiro atoms. The molecule has 1 aromatic carbocycles. The average Bonchev–Trinajstić information content (AvgIpc) is 2.08. The fourth-order valence-corrected chi connectivity index (χ4v) is 1.41. The molecular formula is C10H10BrClO. The number of rotatable bonds is 3.